The molecular weight excluding hydrogens is 487 g/mol. The van der Waals surface area contributed by atoms with Gasteiger partial charge in [-0.3, -0.25) is 29.1 Å². The Morgan fingerprint density at radius 3 is 2.24 bits per heavy atom. The Balaban J connectivity index is 1.85. The second kappa shape index (κ2) is 13.3. The van der Waals surface area contributed by atoms with Crippen molar-refractivity contribution >= 4 is 30.7 Å². The van der Waals surface area contributed by atoms with Crippen LogP contribution >= 0.6 is 0 Å². The van der Waals surface area contributed by atoms with Gasteiger partial charge in [-0.15, -0.1) is 0 Å². The Morgan fingerprint density at radius 2 is 1.68 bits per heavy atom. The lowest BCUT2D eigenvalue weighted by atomic mass is 9.64. The van der Waals surface area contributed by atoms with Crippen molar-refractivity contribution < 1.29 is 28.5 Å². The molecule has 1 fully saturated rings. The lowest BCUT2D eigenvalue weighted by Gasteiger charge is -2.34. The van der Waals surface area contributed by atoms with Crippen molar-refractivity contribution in [3.8, 4) is 0 Å². The Bertz CT molecular complexity index is 1090. The Morgan fingerprint density at radius 1 is 1.05 bits per heavy atom. The number of hydrogen-bond donors (Lipinski definition) is 1. The second-order valence-corrected chi connectivity index (χ2v) is 10.1. The summed E-state index contributed by atoms with van der Waals surface area (Å²) >= 11 is 0. The maximum absolute atomic E-state index is 13.7. The van der Waals surface area contributed by atoms with E-state index in [-0.39, 0.29) is 30.2 Å². The van der Waals surface area contributed by atoms with Crippen molar-refractivity contribution in [3.63, 3.8) is 0 Å². The molecule has 1 aromatic carbocycles. The van der Waals surface area contributed by atoms with Crippen LogP contribution < -0.4 is 5.32 Å². The largest absolute Gasteiger partial charge is 0.602 e. The number of hydrogen-bond acceptors (Lipinski definition) is 9. The zero-order chi connectivity index (χ0) is 27.8. The highest BCUT2D eigenvalue weighted by Gasteiger charge is 2.45. The highest BCUT2D eigenvalue weighted by atomic mass is 16.6. The molecule has 4 atom stereocenters. The molecule has 11 heteroatoms. The molecule has 2 heterocycles. The molecule has 1 aromatic heterocycles. The van der Waals surface area contributed by atoms with Crippen molar-refractivity contribution in [2.45, 2.75) is 70.9 Å². The normalized spacial score (nSPS) is 20.1. The summed E-state index contributed by atoms with van der Waals surface area (Å²) in [5, 5.41) is 2.79. The van der Waals surface area contributed by atoms with E-state index < -0.39 is 48.9 Å². The summed E-state index contributed by atoms with van der Waals surface area (Å²) in [5.41, 5.74) is 0.951. The van der Waals surface area contributed by atoms with Gasteiger partial charge in [-0.05, 0) is 45.2 Å². The summed E-state index contributed by atoms with van der Waals surface area (Å²) in [6.45, 7) is 7.27. The van der Waals surface area contributed by atoms with Gasteiger partial charge in [0.15, 0.2) is 5.78 Å². The summed E-state index contributed by atoms with van der Waals surface area (Å²) in [5.74, 6) is -2.34. The lowest BCUT2D eigenvalue weighted by Crippen LogP contribution is -2.53. The number of carbonyl (C=O) groups excluding carboxylic acids is 4. The lowest BCUT2D eigenvalue weighted by molar-refractivity contribution is -0.153. The molecule has 0 bridgehead atoms. The number of carbonyl (C=O) groups is 4. The fraction of sp³-hybridized carbons (Fsp3) is 0.481. The molecule has 1 aliphatic heterocycles. The molecule has 0 saturated carbocycles. The number of benzene rings is 1. The minimum Gasteiger partial charge on any atom is -0.498 e. The number of ketones is 1. The van der Waals surface area contributed by atoms with Gasteiger partial charge < -0.3 is 14.6 Å². The van der Waals surface area contributed by atoms with Gasteiger partial charge >= 0.3 is 19.1 Å². The Hall–Kier alpha value is -3.60. The molecular formula is C27H35BN4O6. The van der Waals surface area contributed by atoms with Gasteiger partial charge in [0.1, 0.15) is 17.8 Å². The molecule has 0 aliphatic carbocycles. The van der Waals surface area contributed by atoms with Crippen LogP contribution in [-0.4, -0.2) is 70.8 Å². The minimum atomic E-state index is -1.21. The quantitative estimate of drug-likeness (QED) is 0.468. The third-order valence-corrected chi connectivity index (χ3v) is 6.76. The molecule has 38 heavy (non-hydrogen) atoms. The topological polar surface area (TPSA) is 128 Å². The van der Waals surface area contributed by atoms with Gasteiger partial charge in [0.2, 0.25) is 0 Å². The van der Waals surface area contributed by atoms with Crippen molar-refractivity contribution in [2.24, 2.45) is 5.92 Å². The molecule has 2 aromatic rings. The highest BCUT2D eigenvalue weighted by Crippen LogP contribution is 2.29. The van der Waals surface area contributed by atoms with Crippen LogP contribution in [0.5, 0.6) is 0 Å². The number of amides is 1. The number of aromatic nitrogens is 2. The van der Waals surface area contributed by atoms with Crippen LogP contribution in [0.4, 0.5) is 0 Å². The van der Waals surface area contributed by atoms with Crippen LogP contribution in [0.1, 0.15) is 56.6 Å². The number of Topliss-reactive ketones (excluding diaryl/α,β-unsaturated/α-hetero) is 1. The van der Waals surface area contributed by atoms with Gasteiger partial charge in [0.25, 0.3) is 5.91 Å². The molecule has 1 amide bonds. The van der Waals surface area contributed by atoms with E-state index in [1.165, 1.54) is 18.6 Å². The van der Waals surface area contributed by atoms with Crippen LogP contribution in [0.3, 0.4) is 0 Å². The summed E-state index contributed by atoms with van der Waals surface area (Å²) in [7, 11) is 0.439. The molecule has 10 nitrogen and oxygen atoms in total. The first kappa shape index (κ1) is 29.0. The van der Waals surface area contributed by atoms with Gasteiger partial charge in [0, 0.05) is 24.6 Å². The molecule has 3 rings (SSSR count). The number of rotatable bonds is 10. The van der Waals surface area contributed by atoms with Crippen LogP contribution in [0, 0.1) is 5.92 Å². The maximum atomic E-state index is 13.7. The van der Waals surface area contributed by atoms with Crippen molar-refractivity contribution in [2.75, 3.05) is 7.05 Å². The van der Waals surface area contributed by atoms with Gasteiger partial charge in [-0.25, -0.2) is 4.98 Å². The number of likely N-dealkylation sites (N-methyl/N-ethyl adjacent to an activating group) is 1. The van der Waals surface area contributed by atoms with E-state index in [0.717, 1.165) is 5.56 Å². The van der Waals surface area contributed by atoms with Gasteiger partial charge in [-0.1, -0.05) is 44.2 Å². The maximum Gasteiger partial charge on any atom is 0.602 e. The molecule has 0 spiro atoms. The van der Waals surface area contributed by atoms with Crippen LogP contribution in [0.25, 0.3) is 0 Å². The first-order valence-corrected chi connectivity index (χ1v) is 12.8. The van der Waals surface area contributed by atoms with E-state index in [0.29, 0.717) is 6.42 Å². The minimum absolute atomic E-state index is 0.0692. The van der Waals surface area contributed by atoms with Crippen LogP contribution in [0.15, 0.2) is 48.9 Å². The summed E-state index contributed by atoms with van der Waals surface area (Å²) in [4.78, 5) is 61.7. The Kier molecular flexibility index (Phi) is 10.1. The summed E-state index contributed by atoms with van der Waals surface area (Å²) in [6.07, 6.45) is 4.83. The third kappa shape index (κ3) is 7.70. The van der Waals surface area contributed by atoms with Crippen molar-refractivity contribution in [3.05, 3.63) is 60.2 Å². The van der Waals surface area contributed by atoms with E-state index in [2.05, 4.69) is 15.3 Å². The summed E-state index contributed by atoms with van der Waals surface area (Å²) < 4.78 is 11.2. The standard InChI is InChI=1S/C27H35BN4O6/c1-17(2)13-21(28-37-26(35)18(3)32(5)19(4)27(36)38-28)15-24(33)22(14-20-9-7-6-8-10-20)31-25(34)23-16-29-11-12-30-23/h6-12,16-19,21-22H,13-15H2,1-5H3,(H,31,34)/t18-,19+,21-,22+/m1/s1. The van der Waals surface area contributed by atoms with E-state index in [1.54, 1.807) is 25.8 Å². The second-order valence-electron chi connectivity index (χ2n) is 10.1. The number of nitrogens with zero attached hydrogens (tertiary/aromatic N) is 3. The SMILES string of the molecule is CC(C)C[C@H](CC(=O)[C@H](Cc1ccccc1)NC(=O)c1cnccn1)B1OC(=O)[C@@H](C)N(C)[C@@H](C)C(=O)O1. The first-order chi connectivity index (χ1) is 18.1. The first-order valence-electron chi connectivity index (χ1n) is 12.8. The smallest absolute Gasteiger partial charge is 0.498 e. The Labute approximate surface area is 223 Å². The average molecular weight is 522 g/mol. The van der Waals surface area contributed by atoms with E-state index >= 15 is 0 Å². The van der Waals surface area contributed by atoms with E-state index in [4.69, 9.17) is 9.31 Å². The van der Waals surface area contributed by atoms with Gasteiger partial charge in [0.05, 0.1) is 12.2 Å². The predicted octanol–water partition coefficient (Wildman–Crippen LogP) is 2.49. The molecule has 0 unspecified atom stereocenters. The van der Waals surface area contributed by atoms with Crippen LogP contribution in [-0.2, 0) is 30.1 Å². The van der Waals surface area contributed by atoms with E-state index in [9.17, 15) is 19.2 Å². The van der Waals surface area contributed by atoms with Crippen molar-refractivity contribution in [1.29, 1.82) is 0 Å². The average Bonchev–Trinajstić information content (AvgIpc) is 2.90. The molecule has 0 radical (unpaired) electrons. The molecule has 1 saturated heterocycles. The van der Waals surface area contributed by atoms with E-state index in [1.807, 2.05) is 44.2 Å². The van der Waals surface area contributed by atoms with Crippen molar-refractivity contribution in [1.82, 2.24) is 20.2 Å². The zero-order valence-corrected chi connectivity index (χ0v) is 22.5. The zero-order valence-electron chi connectivity index (χ0n) is 22.5. The molecule has 1 N–H and O–H groups in total. The highest BCUT2D eigenvalue weighted by molar-refractivity contribution is 6.51. The monoisotopic (exact) mass is 522 g/mol. The van der Waals surface area contributed by atoms with Crippen LogP contribution in [0.2, 0.25) is 5.82 Å². The van der Waals surface area contributed by atoms with Gasteiger partial charge in [-0.2, -0.15) is 0 Å². The predicted molar refractivity (Wildman–Crippen MR) is 141 cm³/mol. The third-order valence-electron chi connectivity index (χ3n) is 6.76. The fourth-order valence-electron chi connectivity index (χ4n) is 4.35. The molecule has 202 valence electrons. The summed E-state index contributed by atoms with van der Waals surface area (Å²) in [6, 6.07) is 7.13. The number of nitrogens with one attached hydrogen (secondary N) is 1. The molecule has 1 aliphatic rings. The fourth-order valence-corrected chi connectivity index (χ4v) is 4.35.